The van der Waals surface area contributed by atoms with Gasteiger partial charge in [-0.3, -0.25) is 9.89 Å². The van der Waals surface area contributed by atoms with Crippen molar-refractivity contribution in [2.45, 2.75) is 13.8 Å². The van der Waals surface area contributed by atoms with E-state index >= 15 is 0 Å². The number of piperazine rings is 1. The lowest BCUT2D eigenvalue weighted by molar-refractivity contribution is 0.645. The van der Waals surface area contributed by atoms with Crippen LogP contribution >= 0.6 is 11.6 Å². The van der Waals surface area contributed by atoms with Crippen molar-refractivity contribution in [2.24, 2.45) is 0 Å². The number of fused-ring (bicyclic) bond motifs is 1. The first-order chi connectivity index (χ1) is 12.0. The summed E-state index contributed by atoms with van der Waals surface area (Å²) < 4.78 is 1.42. The second-order valence-electron chi connectivity index (χ2n) is 6.25. The van der Waals surface area contributed by atoms with Crippen molar-refractivity contribution < 1.29 is 0 Å². The summed E-state index contributed by atoms with van der Waals surface area (Å²) in [6.07, 6.45) is 0. The molecule has 130 valence electrons. The molecule has 0 saturated carbocycles. The maximum Gasteiger partial charge on any atom is 0.297 e. The number of halogens is 1. The van der Waals surface area contributed by atoms with E-state index in [9.17, 15) is 4.79 Å². The quantitative estimate of drug-likeness (QED) is 0.759. The lowest BCUT2D eigenvalue weighted by Gasteiger charge is -2.37. The highest BCUT2D eigenvalue weighted by Gasteiger charge is 2.23. The van der Waals surface area contributed by atoms with E-state index in [4.69, 9.17) is 11.6 Å². The third kappa shape index (κ3) is 2.84. The fourth-order valence-electron chi connectivity index (χ4n) is 3.34. The summed E-state index contributed by atoms with van der Waals surface area (Å²) in [6.45, 7) is 6.83. The van der Waals surface area contributed by atoms with Gasteiger partial charge in [0.2, 0.25) is 0 Å². The van der Waals surface area contributed by atoms with Gasteiger partial charge in [-0.1, -0.05) is 17.7 Å². The standard InChI is InChI=1S/C17H19ClN6O/c1-11-15(16(25)24-17(19-11)20-12(2)21-24)23-8-6-22(7-9-23)14-5-3-4-13(18)10-14/h3-5,10H,6-9H2,1-2H3,(H,19,20,21). The van der Waals surface area contributed by atoms with E-state index in [2.05, 4.69) is 30.9 Å². The number of aryl methyl sites for hydroxylation is 2. The van der Waals surface area contributed by atoms with E-state index in [1.807, 2.05) is 32.0 Å². The molecular weight excluding hydrogens is 340 g/mol. The van der Waals surface area contributed by atoms with Gasteiger partial charge in [-0.25, -0.2) is 4.98 Å². The summed E-state index contributed by atoms with van der Waals surface area (Å²) in [5.41, 5.74) is 2.37. The molecule has 0 atom stereocenters. The zero-order valence-electron chi connectivity index (χ0n) is 14.2. The van der Waals surface area contributed by atoms with Crippen molar-refractivity contribution >= 4 is 28.8 Å². The molecule has 2 aromatic heterocycles. The molecule has 7 nitrogen and oxygen atoms in total. The molecule has 8 heteroatoms. The zero-order valence-corrected chi connectivity index (χ0v) is 14.9. The molecule has 1 aromatic carbocycles. The molecule has 0 amide bonds. The Labute approximate surface area is 149 Å². The van der Waals surface area contributed by atoms with Crippen LogP contribution in [0.3, 0.4) is 0 Å². The van der Waals surface area contributed by atoms with Gasteiger partial charge >= 0.3 is 0 Å². The molecule has 0 spiro atoms. The topological polar surface area (TPSA) is 69.5 Å². The van der Waals surface area contributed by atoms with Crippen LogP contribution in [0.25, 0.3) is 5.78 Å². The van der Waals surface area contributed by atoms with Crippen molar-refractivity contribution in [3.63, 3.8) is 0 Å². The first-order valence-corrected chi connectivity index (χ1v) is 8.62. The van der Waals surface area contributed by atoms with Gasteiger partial charge in [0.1, 0.15) is 11.5 Å². The highest BCUT2D eigenvalue weighted by atomic mass is 35.5. The molecule has 0 radical (unpaired) electrons. The average molecular weight is 359 g/mol. The Morgan fingerprint density at radius 2 is 1.80 bits per heavy atom. The van der Waals surface area contributed by atoms with E-state index in [0.29, 0.717) is 23.0 Å². The summed E-state index contributed by atoms with van der Waals surface area (Å²) in [5, 5.41) is 3.69. The first kappa shape index (κ1) is 16.0. The Morgan fingerprint density at radius 3 is 2.52 bits per heavy atom. The van der Waals surface area contributed by atoms with Gasteiger partial charge in [0.25, 0.3) is 11.3 Å². The molecule has 0 aliphatic carbocycles. The van der Waals surface area contributed by atoms with Gasteiger partial charge in [-0.2, -0.15) is 9.50 Å². The highest BCUT2D eigenvalue weighted by Crippen LogP contribution is 2.22. The largest absolute Gasteiger partial charge is 0.368 e. The number of aromatic nitrogens is 4. The number of benzene rings is 1. The predicted molar refractivity (Wildman–Crippen MR) is 99.0 cm³/mol. The molecule has 1 N–H and O–H groups in total. The van der Waals surface area contributed by atoms with Crippen molar-refractivity contribution in [1.82, 2.24) is 19.6 Å². The molecule has 1 saturated heterocycles. The number of nitrogens with zero attached hydrogens (tertiary/aromatic N) is 5. The van der Waals surface area contributed by atoms with Crippen LogP contribution in [0.1, 0.15) is 11.5 Å². The molecule has 1 aliphatic heterocycles. The van der Waals surface area contributed by atoms with Crippen molar-refractivity contribution in [1.29, 1.82) is 0 Å². The molecule has 1 fully saturated rings. The SMILES string of the molecule is Cc1nc2nc(C)c(N3CCN(c4cccc(Cl)c4)CC3)c(=O)n2[nH]1. The number of hydrogen-bond donors (Lipinski definition) is 1. The van der Waals surface area contributed by atoms with Gasteiger partial charge in [0.15, 0.2) is 0 Å². The van der Waals surface area contributed by atoms with Crippen molar-refractivity contribution in [3.8, 4) is 0 Å². The van der Waals surface area contributed by atoms with Crippen molar-refractivity contribution in [2.75, 3.05) is 36.0 Å². The summed E-state index contributed by atoms with van der Waals surface area (Å²) >= 11 is 6.09. The maximum atomic E-state index is 12.8. The lowest BCUT2D eigenvalue weighted by atomic mass is 10.2. The average Bonchev–Trinajstić information content (AvgIpc) is 2.96. The molecule has 3 aromatic rings. The highest BCUT2D eigenvalue weighted by molar-refractivity contribution is 6.30. The van der Waals surface area contributed by atoms with Crippen LogP contribution in [0.4, 0.5) is 11.4 Å². The minimum Gasteiger partial charge on any atom is -0.368 e. The Bertz CT molecular complexity index is 986. The molecule has 4 rings (SSSR count). The molecule has 25 heavy (non-hydrogen) atoms. The van der Waals surface area contributed by atoms with Crippen LogP contribution in [0, 0.1) is 13.8 Å². The molecule has 0 bridgehead atoms. The van der Waals surface area contributed by atoms with Crippen LogP contribution in [0.15, 0.2) is 29.1 Å². The van der Waals surface area contributed by atoms with Crippen molar-refractivity contribution in [3.05, 3.63) is 51.2 Å². The van der Waals surface area contributed by atoms with Crippen LogP contribution in [0.2, 0.25) is 5.02 Å². The number of aromatic amines is 1. The third-order valence-electron chi connectivity index (χ3n) is 4.53. The van der Waals surface area contributed by atoms with E-state index in [0.717, 1.165) is 36.9 Å². The number of nitrogens with one attached hydrogen (secondary N) is 1. The Kier molecular flexibility index (Phi) is 3.88. The number of hydrogen-bond acceptors (Lipinski definition) is 5. The van der Waals surface area contributed by atoms with Gasteiger partial charge < -0.3 is 9.80 Å². The summed E-state index contributed by atoms with van der Waals surface area (Å²) in [7, 11) is 0. The van der Waals surface area contributed by atoms with Crippen LogP contribution in [-0.4, -0.2) is 45.8 Å². The Balaban J connectivity index is 1.60. The number of rotatable bonds is 2. The normalized spacial score (nSPS) is 15.2. The lowest BCUT2D eigenvalue weighted by Crippen LogP contribution is -2.48. The fourth-order valence-corrected chi connectivity index (χ4v) is 3.53. The smallest absolute Gasteiger partial charge is 0.297 e. The Morgan fingerprint density at radius 1 is 1.08 bits per heavy atom. The second kappa shape index (κ2) is 6.07. The predicted octanol–water partition coefficient (Wildman–Crippen LogP) is 2.01. The van der Waals surface area contributed by atoms with E-state index in [1.54, 1.807) is 0 Å². The summed E-state index contributed by atoms with van der Waals surface area (Å²) in [4.78, 5) is 25.9. The van der Waals surface area contributed by atoms with Gasteiger partial charge in [-0.05, 0) is 32.0 Å². The Hall–Kier alpha value is -2.54. The second-order valence-corrected chi connectivity index (χ2v) is 6.69. The van der Waals surface area contributed by atoms with E-state index in [1.165, 1.54) is 4.52 Å². The van der Waals surface area contributed by atoms with Crippen LogP contribution in [0.5, 0.6) is 0 Å². The molecular formula is C17H19ClN6O. The number of anilines is 2. The fraction of sp³-hybridized carbons (Fsp3) is 0.353. The van der Waals surface area contributed by atoms with Gasteiger partial charge in [-0.15, -0.1) is 0 Å². The monoisotopic (exact) mass is 358 g/mol. The van der Waals surface area contributed by atoms with Crippen LogP contribution in [-0.2, 0) is 0 Å². The van der Waals surface area contributed by atoms with E-state index in [-0.39, 0.29) is 5.56 Å². The minimum absolute atomic E-state index is 0.0979. The zero-order chi connectivity index (χ0) is 17.6. The summed E-state index contributed by atoms with van der Waals surface area (Å²) in [5.74, 6) is 1.09. The third-order valence-corrected chi connectivity index (χ3v) is 4.76. The molecule has 0 unspecified atom stereocenters. The minimum atomic E-state index is -0.0979. The number of H-pyrrole nitrogens is 1. The van der Waals surface area contributed by atoms with Crippen LogP contribution < -0.4 is 15.4 Å². The maximum absolute atomic E-state index is 12.8. The van der Waals surface area contributed by atoms with E-state index < -0.39 is 0 Å². The molecule has 1 aliphatic rings. The molecule has 3 heterocycles. The van der Waals surface area contributed by atoms with Gasteiger partial charge in [0, 0.05) is 36.9 Å². The summed E-state index contributed by atoms with van der Waals surface area (Å²) in [6, 6.07) is 7.86. The van der Waals surface area contributed by atoms with Gasteiger partial charge in [0.05, 0.1) is 5.69 Å². The first-order valence-electron chi connectivity index (χ1n) is 8.24.